The van der Waals surface area contributed by atoms with Crippen molar-refractivity contribution in [3.63, 3.8) is 0 Å². The zero-order chi connectivity index (χ0) is 13.2. The molecule has 0 amide bonds. The molecule has 0 unspecified atom stereocenters. The number of aryl methyl sites for hydroxylation is 1. The Hall–Kier alpha value is -1.81. The van der Waals surface area contributed by atoms with Gasteiger partial charge in [-0.05, 0) is 36.9 Å². The van der Waals surface area contributed by atoms with Crippen LogP contribution in [-0.4, -0.2) is 20.9 Å². The Bertz CT molecular complexity index is 718. The van der Waals surface area contributed by atoms with E-state index >= 15 is 0 Å². The number of thioether (sulfide) groups is 1. The van der Waals surface area contributed by atoms with Gasteiger partial charge in [-0.1, -0.05) is 24.3 Å². The van der Waals surface area contributed by atoms with Crippen LogP contribution in [0, 0.1) is 6.92 Å². The Labute approximate surface area is 116 Å². The van der Waals surface area contributed by atoms with Crippen molar-refractivity contribution in [2.45, 2.75) is 18.2 Å². The SMILES string of the molecule is CSc1ccccc1Cc1nc2cccc(C)n2n1. The van der Waals surface area contributed by atoms with Crippen LogP contribution in [0.5, 0.6) is 0 Å². The Morgan fingerprint density at radius 1 is 1.11 bits per heavy atom. The fourth-order valence-electron chi connectivity index (χ4n) is 2.17. The maximum absolute atomic E-state index is 4.59. The van der Waals surface area contributed by atoms with Gasteiger partial charge in [0.25, 0.3) is 0 Å². The third kappa shape index (κ3) is 2.36. The first-order chi connectivity index (χ1) is 9.28. The van der Waals surface area contributed by atoms with Gasteiger partial charge in [-0.2, -0.15) is 5.10 Å². The number of aromatic nitrogens is 3. The average Bonchev–Trinajstić information content (AvgIpc) is 2.83. The van der Waals surface area contributed by atoms with Crippen LogP contribution in [0.3, 0.4) is 0 Å². The van der Waals surface area contributed by atoms with Crippen LogP contribution in [0.15, 0.2) is 47.4 Å². The second-order valence-electron chi connectivity index (χ2n) is 4.45. The summed E-state index contributed by atoms with van der Waals surface area (Å²) < 4.78 is 1.90. The highest BCUT2D eigenvalue weighted by Crippen LogP contribution is 2.21. The number of rotatable bonds is 3. The summed E-state index contributed by atoms with van der Waals surface area (Å²) in [6.07, 6.45) is 2.87. The molecule has 3 aromatic rings. The van der Waals surface area contributed by atoms with Crippen LogP contribution in [0.25, 0.3) is 5.65 Å². The minimum atomic E-state index is 0.776. The van der Waals surface area contributed by atoms with E-state index in [1.807, 2.05) is 29.6 Å². The van der Waals surface area contributed by atoms with Crippen LogP contribution in [-0.2, 0) is 6.42 Å². The van der Waals surface area contributed by atoms with Gasteiger partial charge in [-0.25, -0.2) is 9.50 Å². The van der Waals surface area contributed by atoms with Crippen molar-refractivity contribution in [1.82, 2.24) is 14.6 Å². The first kappa shape index (κ1) is 12.2. The molecule has 0 saturated carbocycles. The number of hydrogen-bond acceptors (Lipinski definition) is 3. The Morgan fingerprint density at radius 2 is 1.95 bits per heavy atom. The van der Waals surface area contributed by atoms with Crippen LogP contribution in [0.4, 0.5) is 0 Å². The predicted molar refractivity (Wildman–Crippen MR) is 78.8 cm³/mol. The fourth-order valence-corrected chi connectivity index (χ4v) is 2.79. The highest BCUT2D eigenvalue weighted by Gasteiger charge is 2.08. The van der Waals surface area contributed by atoms with Crippen LogP contribution >= 0.6 is 11.8 Å². The van der Waals surface area contributed by atoms with Crippen molar-refractivity contribution in [1.29, 1.82) is 0 Å². The van der Waals surface area contributed by atoms with Gasteiger partial charge in [0.1, 0.15) is 0 Å². The molecule has 0 spiro atoms. The molecule has 0 saturated heterocycles. The minimum absolute atomic E-state index is 0.776. The van der Waals surface area contributed by atoms with E-state index in [0.717, 1.165) is 23.6 Å². The zero-order valence-corrected chi connectivity index (χ0v) is 11.8. The Kier molecular flexibility index (Phi) is 3.25. The quantitative estimate of drug-likeness (QED) is 0.683. The molecule has 1 aromatic carbocycles. The molecule has 2 heterocycles. The highest BCUT2D eigenvalue weighted by molar-refractivity contribution is 7.98. The van der Waals surface area contributed by atoms with E-state index in [0.29, 0.717) is 0 Å². The number of hydrogen-bond donors (Lipinski definition) is 0. The summed E-state index contributed by atoms with van der Waals surface area (Å²) in [6, 6.07) is 14.5. The summed E-state index contributed by atoms with van der Waals surface area (Å²) in [5, 5.41) is 4.58. The van der Waals surface area contributed by atoms with E-state index in [1.54, 1.807) is 11.8 Å². The molecule has 0 N–H and O–H groups in total. The second-order valence-corrected chi connectivity index (χ2v) is 5.30. The fraction of sp³-hybridized carbons (Fsp3) is 0.200. The first-order valence-corrected chi connectivity index (χ1v) is 7.43. The second kappa shape index (κ2) is 5.05. The monoisotopic (exact) mass is 269 g/mol. The van der Waals surface area contributed by atoms with Crippen molar-refractivity contribution in [2.24, 2.45) is 0 Å². The molecule has 96 valence electrons. The van der Waals surface area contributed by atoms with Crippen LogP contribution < -0.4 is 0 Å². The molecule has 0 radical (unpaired) electrons. The lowest BCUT2D eigenvalue weighted by Gasteiger charge is -2.03. The molecule has 4 heteroatoms. The normalized spacial score (nSPS) is 11.1. The molecule has 19 heavy (non-hydrogen) atoms. The Morgan fingerprint density at radius 3 is 2.74 bits per heavy atom. The molecule has 0 aliphatic rings. The van der Waals surface area contributed by atoms with Crippen molar-refractivity contribution in [3.05, 3.63) is 59.5 Å². The van der Waals surface area contributed by atoms with Gasteiger partial charge in [0.05, 0.1) is 0 Å². The van der Waals surface area contributed by atoms with Gasteiger partial charge in [-0.15, -0.1) is 11.8 Å². The van der Waals surface area contributed by atoms with Crippen molar-refractivity contribution in [2.75, 3.05) is 6.26 Å². The summed E-state index contributed by atoms with van der Waals surface area (Å²) in [7, 11) is 0. The first-order valence-electron chi connectivity index (χ1n) is 6.21. The van der Waals surface area contributed by atoms with Gasteiger partial charge >= 0.3 is 0 Å². The lowest BCUT2D eigenvalue weighted by atomic mass is 10.1. The van der Waals surface area contributed by atoms with Gasteiger partial charge in [0.15, 0.2) is 11.5 Å². The van der Waals surface area contributed by atoms with Gasteiger partial charge in [0, 0.05) is 17.0 Å². The molecule has 0 aliphatic heterocycles. The lowest BCUT2D eigenvalue weighted by molar-refractivity contribution is 0.866. The van der Waals surface area contributed by atoms with Crippen LogP contribution in [0.2, 0.25) is 0 Å². The average molecular weight is 269 g/mol. The molecule has 3 rings (SSSR count). The van der Waals surface area contributed by atoms with Crippen molar-refractivity contribution in [3.8, 4) is 0 Å². The summed E-state index contributed by atoms with van der Waals surface area (Å²) in [6.45, 7) is 2.04. The molecule has 0 aliphatic carbocycles. The third-order valence-corrected chi connectivity index (χ3v) is 3.97. The van der Waals surface area contributed by atoms with E-state index < -0.39 is 0 Å². The minimum Gasteiger partial charge on any atom is -0.218 e. The van der Waals surface area contributed by atoms with Gasteiger partial charge in [0.2, 0.25) is 0 Å². The van der Waals surface area contributed by atoms with Crippen LogP contribution in [0.1, 0.15) is 17.1 Å². The van der Waals surface area contributed by atoms with E-state index in [9.17, 15) is 0 Å². The maximum atomic E-state index is 4.59. The van der Waals surface area contributed by atoms with Gasteiger partial charge in [-0.3, -0.25) is 0 Å². The summed E-state index contributed by atoms with van der Waals surface area (Å²) in [5.74, 6) is 0.871. The predicted octanol–water partition coefficient (Wildman–Crippen LogP) is 3.35. The van der Waals surface area contributed by atoms with E-state index in [2.05, 4.69) is 40.6 Å². The number of fused-ring (bicyclic) bond motifs is 1. The lowest BCUT2D eigenvalue weighted by Crippen LogP contribution is -1.95. The smallest absolute Gasteiger partial charge is 0.156 e. The number of nitrogens with zero attached hydrogens (tertiary/aromatic N) is 3. The molecule has 3 nitrogen and oxygen atoms in total. The highest BCUT2D eigenvalue weighted by atomic mass is 32.2. The maximum Gasteiger partial charge on any atom is 0.156 e. The number of benzene rings is 1. The summed E-state index contributed by atoms with van der Waals surface area (Å²) in [5.41, 5.74) is 3.30. The molecule has 0 bridgehead atoms. The zero-order valence-electron chi connectivity index (χ0n) is 11.0. The molecule has 2 aromatic heterocycles. The summed E-state index contributed by atoms with van der Waals surface area (Å²) >= 11 is 1.76. The topological polar surface area (TPSA) is 30.2 Å². The van der Waals surface area contributed by atoms with E-state index in [4.69, 9.17) is 0 Å². The Balaban J connectivity index is 1.99. The summed E-state index contributed by atoms with van der Waals surface area (Å²) in [4.78, 5) is 5.88. The molecule has 0 fully saturated rings. The largest absolute Gasteiger partial charge is 0.218 e. The standard InChI is InChI=1S/C15H15N3S/c1-11-6-5-9-15-16-14(17-18(11)15)10-12-7-3-4-8-13(12)19-2/h3-9H,10H2,1-2H3. The number of pyridine rings is 1. The molecular weight excluding hydrogens is 254 g/mol. The van der Waals surface area contributed by atoms with E-state index in [1.165, 1.54) is 10.5 Å². The molecular formula is C15H15N3S. The van der Waals surface area contributed by atoms with Crippen molar-refractivity contribution >= 4 is 17.4 Å². The third-order valence-electron chi connectivity index (χ3n) is 3.13. The molecule has 0 atom stereocenters. The van der Waals surface area contributed by atoms with E-state index in [-0.39, 0.29) is 0 Å². The van der Waals surface area contributed by atoms with Crippen molar-refractivity contribution < 1.29 is 0 Å². The van der Waals surface area contributed by atoms with Gasteiger partial charge < -0.3 is 0 Å².